The second-order valence-corrected chi connectivity index (χ2v) is 32.8. The lowest BCUT2D eigenvalue weighted by Crippen LogP contribution is -2.61. The van der Waals surface area contributed by atoms with Crippen LogP contribution in [0.2, 0.25) is 0 Å². The lowest BCUT2D eigenvalue weighted by Gasteiger charge is -2.46. The van der Waals surface area contributed by atoms with Gasteiger partial charge in [-0.05, 0) is 174 Å². The number of aromatic nitrogens is 5. The van der Waals surface area contributed by atoms with Crippen LogP contribution in [0.4, 0.5) is 34.1 Å². The van der Waals surface area contributed by atoms with Gasteiger partial charge in [-0.25, -0.2) is 15.0 Å². The van der Waals surface area contributed by atoms with Crippen LogP contribution in [-0.4, -0.2) is 30.8 Å². The van der Waals surface area contributed by atoms with E-state index >= 15 is 0 Å². The van der Waals surface area contributed by atoms with Crippen LogP contribution in [-0.2, 0) is 21.7 Å². The van der Waals surface area contributed by atoms with Crippen molar-refractivity contribution >= 4 is 101 Å². The molecule has 2 aliphatic heterocycles. The van der Waals surface area contributed by atoms with Crippen LogP contribution in [0, 0.1) is 0 Å². The van der Waals surface area contributed by atoms with Gasteiger partial charge in [0.1, 0.15) is 0 Å². The van der Waals surface area contributed by atoms with Crippen LogP contribution in [0.1, 0.15) is 137 Å². The van der Waals surface area contributed by atoms with E-state index in [1.165, 1.54) is 4.57 Å². The van der Waals surface area contributed by atoms with Crippen molar-refractivity contribution in [3.05, 3.63) is 337 Å². The minimum absolute atomic E-state index is 0.0440. The van der Waals surface area contributed by atoms with Gasteiger partial charge in [0.2, 0.25) is 0 Å². The molecule has 7 nitrogen and oxygen atoms in total. The van der Waals surface area contributed by atoms with E-state index in [-0.39, 0.29) is 77.9 Å². The van der Waals surface area contributed by atoms with E-state index in [2.05, 4.69) is 139 Å². The van der Waals surface area contributed by atoms with Crippen molar-refractivity contribution in [2.45, 2.75) is 105 Å². The number of hydrogen-bond acceptors (Lipinski definition) is 5. The predicted octanol–water partition coefficient (Wildman–Crippen LogP) is 25.3. The van der Waals surface area contributed by atoms with E-state index < -0.39 is 179 Å². The topological polar surface area (TPSA) is 55.0 Å². The molecule has 14 aromatic carbocycles. The minimum Gasteiger partial charge on any atom is -0.311 e. The zero-order chi connectivity index (χ0) is 96.0. The van der Waals surface area contributed by atoms with Crippen molar-refractivity contribution in [2.24, 2.45) is 0 Å². The molecule has 0 N–H and O–H groups in total. The van der Waals surface area contributed by atoms with Gasteiger partial charge in [-0.1, -0.05) is 307 Å². The highest BCUT2D eigenvalue weighted by atomic mass is 15.2. The maximum Gasteiger partial charge on any atom is 0.252 e. The molecule has 3 aromatic heterocycles. The van der Waals surface area contributed by atoms with Gasteiger partial charge in [0.15, 0.2) is 17.5 Å². The second-order valence-electron chi connectivity index (χ2n) is 32.8. The zero-order valence-electron chi connectivity index (χ0n) is 86.5. The Morgan fingerprint density at radius 3 is 1.21 bits per heavy atom. The minimum atomic E-state index is -0.987. The largest absolute Gasteiger partial charge is 0.311 e. The molecule has 0 spiro atoms. The Hall–Kier alpha value is -12.6. The molecule has 111 heavy (non-hydrogen) atoms. The first kappa shape index (κ1) is 48.0. The molecule has 0 saturated heterocycles. The summed E-state index contributed by atoms with van der Waals surface area (Å²) in [6, 6.07) is 42.4. The molecule has 8 heteroatoms. The third-order valence-corrected chi connectivity index (χ3v) is 21.7. The molecular formula is C103H88BN7. The molecule has 538 valence electrons. The molecule has 0 bridgehead atoms. The summed E-state index contributed by atoms with van der Waals surface area (Å²) in [7, 11) is 0. The summed E-state index contributed by atoms with van der Waals surface area (Å²) in [5.74, 6) is -1.52. The first-order valence-electron chi connectivity index (χ1n) is 48.7. The Kier molecular flexibility index (Phi) is 11.3. The first-order chi connectivity index (χ1) is 63.1. The van der Waals surface area contributed by atoms with E-state index in [9.17, 15) is 21.9 Å². The molecule has 19 rings (SSSR count). The molecule has 0 radical (unpaired) electrons. The lowest BCUT2D eigenvalue weighted by atomic mass is 9.33. The van der Waals surface area contributed by atoms with Crippen LogP contribution in [0.25, 0.3) is 123 Å². The van der Waals surface area contributed by atoms with E-state index in [1.807, 2.05) is 105 Å². The van der Waals surface area contributed by atoms with Gasteiger partial charge >= 0.3 is 0 Å². The molecule has 0 fully saturated rings. The lowest BCUT2D eigenvalue weighted by molar-refractivity contribution is 0.590. The van der Waals surface area contributed by atoms with Gasteiger partial charge in [-0.2, -0.15) is 0 Å². The smallest absolute Gasteiger partial charge is 0.252 e. The Morgan fingerprint density at radius 1 is 0.279 bits per heavy atom. The average molecular weight is 1460 g/mol. The third kappa shape index (κ3) is 11.8. The Bertz CT molecular complexity index is 7660. The molecule has 0 aliphatic carbocycles. The van der Waals surface area contributed by atoms with Crippen molar-refractivity contribution in [1.82, 2.24) is 24.1 Å². The van der Waals surface area contributed by atoms with E-state index in [1.54, 1.807) is 30.3 Å². The SMILES string of the molecule is [2H]c1c([2H])c([2H])c(-c2ccc3c(c2)N(c2ccc(C(C)(C)C)cc2-c2nc(-c4c([2H])c([2H])c([2H])c([2H])c4[2H])nc(-c4c([2H])c([2H])c([2H])c([2H])c4[2H])n2)c2cc(-n4c5c([2H])c([2H])c([2H])c([2H])c5c5c([2H])c([2H])c([2H])c([2H])c54)cc4c2B3c2ccc(-n3c5ccc(C(C)(C)C)cc5c5cc(C(C)(C)C)ccc53)cc2N4c2c(-c3ccccc3)cc(C(C)(C)C)cc2-c2ccccc2)c([2H])c1[2H]. The number of anilines is 6. The normalized spacial score (nSPS) is 15.9. The molecule has 0 amide bonds. The van der Waals surface area contributed by atoms with E-state index in [0.717, 1.165) is 60.8 Å². The third-order valence-electron chi connectivity index (χ3n) is 21.7. The summed E-state index contributed by atoms with van der Waals surface area (Å²) in [6.45, 7) is 24.4. The summed E-state index contributed by atoms with van der Waals surface area (Å²) < 4.78 is 221. The number of nitrogens with zero attached hydrogens (tertiary/aromatic N) is 7. The number of rotatable bonds is 10. The Balaban J connectivity index is 1.06. The average Bonchev–Trinajstić information content (AvgIpc) is 1.39. The van der Waals surface area contributed by atoms with Gasteiger partial charge < -0.3 is 18.9 Å². The first-order valence-corrected chi connectivity index (χ1v) is 37.2. The maximum absolute atomic E-state index is 10.3. The van der Waals surface area contributed by atoms with Crippen LogP contribution >= 0.6 is 0 Å². The molecule has 2 aliphatic rings. The summed E-state index contributed by atoms with van der Waals surface area (Å²) in [4.78, 5) is 19.1. The highest BCUT2D eigenvalue weighted by Gasteiger charge is 2.46. The fraction of sp³-hybridized carbons (Fsp3) is 0.155. The predicted molar refractivity (Wildman–Crippen MR) is 470 cm³/mol. The molecule has 5 heterocycles. The number of benzene rings is 14. The van der Waals surface area contributed by atoms with E-state index in [0.29, 0.717) is 44.7 Å². The van der Waals surface area contributed by atoms with Gasteiger partial charge in [0.25, 0.3) is 6.71 Å². The second kappa shape index (κ2) is 26.0. The number of fused-ring (bicyclic) bond motifs is 10. The van der Waals surface area contributed by atoms with Crippen molar-refractivity contribution in [1.29, 1.82) is 0 Å². The Labute approximate surface area is 684 Å². The van der Waals surface area contributed by atoms with Crippen molar-refractivity contribution in [3.8, 4) is 78.9 Å². The van der Waals surface area contributed by atoms with Crippen LogP contribution in [0.15, 0.2) is 315 Å². The summed E-state index contributed by atoms with van der Waals surface area (Å²) in [5, 5.41) is 1.55. The molecular weight excluding hydrogens is 1350 g/mol. The highest BCUT2D eigenvalue weighted by Crippen LogP contribution is 2.55. The fourth-order valence-corrected chi connectivity index (χ4v) is 16.0. The molecule has 0 unspecified atom stereocenters. The highest BCUT2D eigenvalue weighted by molar-refractivity contribution is 7.00. The van der Waals surface area contributed by atoms with E-state index in [4.69, 9.17) is 24.5 Å². The molecule has 17 aromatic rings. The summed E-state index contributed by atoms with van der Waals surface area (Å²) >= 11 is 0. The van der Waals surface area contributed by atoms with Gasteiger partial charge in [0, 0.05) is 77.8 Å². The van der Waals surface area contributed by atoms with Crippen molar-refractivity contribution in [2.75, 3.05) is 9.80 Å². The molecule has 0 saturated carbocycles. The van der Waals surface area contributed by atoms with Gasteiger partial charge in [-0.3, -0.25) is 0 Å². The fourth-order valence-electron chi connectivity index (χ4n) is 16.0. The van der Waals surface area contributed by atoms with Crippen molar-refractivity contribution < 1.29 is 31.5 Å². The summed E-state index contributed by atoms with van der Waals surface area (Å²) in [6.07, 6.45) is 0. The van der Waals surface area contributed by atoms with Crippen LogP contribution in [0.5, 0.6) is 0 Å². The van der Waals surface area contributed by atoms with Crippen LogP contribution < -0.4 is 26.2 Å². The van der Waals surface area contributed by atoms with Gasteiger partial charge in [0.05, 0.1) is 70.7 Å². The standard InChI is InChI=1S/C103H88BN7/c1-100(2,3)71-47-53-88-81(57-71)82-58-72(101(4,5)6)48-54-89(82)108(88)75-50-52-85-92(62-75)111(96-79(66-34-20-14-21-35-66)60-74(103(10,11)12)61-80(96)67-36-22-15-23-37-67)94-64-76(109-86-44-30-28-42-77(86)78-43-29-31-45-87(78)109)63-93-95(94)104(85)84-51-46-70(65-32-18-13-19-33-65)56-91(84)110(93)90-55-49-73(102(7,8)9)59-83(90)99-106-97(68-38-24-16-25-39-68)105-98(107-99)69-40-26-17-27-41-69/h13-64H,1-12H3/i13D,16D,17D,18D,19D,24D,25D,26D,27D,28D,29D,30D,31D,32D,33D,38D,39D,40D,41D,42D,43D,44D,45D. The number of hydrogen-bond donors (Lipinski definition) is 0. The van der Waals surface area contributed by atoms with Crippen molar-refractivity contribution in [3.63, 3.8) is 0 Å². The zero-order valence-corrected chi connectivity index (χ0v) is 63.5. The quantitative estimate of drug-likeness (QED) is 0.128. The van der Waals surface area contributed by atoms with Gasteiger partial charge in [-0.15, -0.1) is 0 Å². The maximum atomic E-state index is 10.3. The monoisotopic (exact) mass is 1460 g/mol. The number of para-hydroxylation sites is 2. The molecule has 0 atom stereocenters. The Morgan fingerprint density at radius 2 is 0.694 bits per heavy atom. The van der Waals surface area contributed by atoms with Crippen LogP contribution in [0.3, 0.4) is 0 Å². The summed E-state index contributed by atoms with van der Waals surface area (Å²) in [5.41, 5.74) is 9.79.